The molecule has 0 aliphatic carbocycles. The third-order valence-corrected chi connectivity index (χ3v) is 4.59. The lowest BCUT2D eigenvalue weighted by atomic mass is 9.99. The molecule has 1 N–H and O–H groups in total. The first kappa shape index (κ1) is 17.5. The molecule has 9 heteroatoms. The van der Waals surface area contributed by atoms with Crippen LogP contribution >= 0.6 is 0 Å². The molecule has 1 amide bonds. The molecule has 0 fully saturated rings. The number of terminal acetylenes is 1. The molecule has 0 radical (unpaired) electrons. The molecule has 3 heterocycles. The van der Waals surface area contributed by atoms with E-state index in [9.17, 15) is 18.0 Å². The van der Waals surface area contributed by atoms with E-state index in [1.807, 2.05) is 0 Å². The average molecular weight is 353 g/mol. The Labute approximate surface area is 142 Å². The van der Waals surface area contributed by atoms with Crippen LogP contribution in [0.25, 0.3) is 0 Å². The van der Waals surface area contributed by atoms with Crippen LogP contribution in [-0.4, -0.2) is 27.3 Å². The topological polar surface area (TPSA) is 71.6 Å². The lowest BCUT2D eigenvalue weighted by molar-refractivity contribution is -0.182. The van der Waals surface area contributed by atoms with Gasteiger partial charge in [0.25, 0.3) is 0 Å². The van der Waals surface area contributed by atoms with Gasteiger partial charge < -0.3 is 9.88 Å². The Morgan fingerprint density at radius 3 is 2.84 bits per heavy atom. The maximum Gasteiger partial charge on any atom is 0.393 e. The van der Waals surface area contributed by atoms with Crippen molar-refractivity contribution in [2.24, 2.45) is 16.1 Å². The Balaban J connectivity index is 1.57. The molecule has 2 aliphatic heterocycles. The standard InChI is InChI=1S/C16H18F3N5O/c1-2-3-7-15(22-23-15)8-6-14(25)21-13-9-20-12-5-4-11(10-24(12)13)16(17,18)19/h1,9,11H,3-8,10H2,(H,21,25). The molecule has 134 valence electrons. The van der Waals surface area contributed by atoms with Crippen molar-refractivity contribution < 1.29 is 18.0 Å². The van der Waals surface area contributed by atoms with E-state index in [1.165, 1.54) is 10.8 Å². The number of rotatable bonds is 6. The number of nitrogens with zero attached hydrogens (tertiary/aromatic N) is 4. The maximum absolute atomic E-state index is 12.9. The molecule has 25 heavy (non-hydrogen) atoms. The zero-order valence-corrected chi connectivity index (χ0v) is 13.5. The Bertz CT molecular complexity index is 725. The summed E-state index contributed by atoms with van der Waals surface area (Å²) >= 11 is 0. The van der Waals surface area contributed by atoms with E-state index in [2.05, 4.69) is 26.4 Å². The minimum absolute atomic E-state index is 0.0224. The summed E-state index contributed by atoms with van der Waals surface area (Å²) in [5.41, 5.74) is -0.554. The van der Waals surface area contributed by atoms with Crippen LogP contribution in [0.2, 0.25) is 0 Å². The predicted octanol–water partition coefficient (Wildman–Crippen LogP) is 3.30. The van der Waals surface area contributed by atoms with E-state index in [1.54, 1.807) is 0 Å². The van der Waals surface area contributed by atoms with Crippen molar-refractivity contribution in [1.29, 1.82) is 0 Å². The first-order valence-electron chi connectivity index (χ1n) is 8.11. The van der Waals surface area contributed by atoms with Gasteiger partial charge in [-0.05, 0) is 6.42 Å². The van der Waals surface area contributed by atoms with E-state index < -0.39 is 17.8 Å². The van der Waals surface area contributed by atoms with Gasteiger partial charge in [-0.15, -0.1) is 12.3 Å². The average Bonchev–Trinajstić information content (AvgIpc) is 3.24. The summed E-state index contributed by atoms with van der Waals surface area (Å²) in [4.78, 5) is 16.2. The molecule has 1 aromatic rings. The first-order valence-corrected chi connectivity index (χ1v) is 8.11. The number of hydrogen-bond acceptors (Lipinski definition) is 4. The zero-order valence-electron chi connectivity index (χ0n) is 13.5. The summed E-state index contributed by atoms with van der Waals surface area (Å²) in [5, 5.41) is 10.6. The fourth-order valence-corrected chi connectivity index (χ4v) is 2.99. The van der Waals surface area contributed by atoms with Gasteiger partial charge in [-0.2, -0.15) is 23.4 Å². The van der Waals surface area contributed by atoms with Crippen molar-refractivity contribution in [1.82, 2.24) is 9.55 Å². The van der Waals surface area contributed by atoms with Crippen LogP contribution in [0.3, 0.4) is 0 Å². The fourth-order valence-electron chi connectivity index (χ4n) is 2.99. The van der Waals surface area contributed by atoms with Crippen molar-refractivity contribution in [3.63, 3.8) is 0 Å². The number of aryl methyl sites for hydroxylation is 1. The van der Waals surface area contributed by atoms with Crippen molar-refractivity contribution in [2.75, 3.05) is 5.32 Å². The largest absolute Gasteiger partial charge is 0.393 e. The molecule has 0 aromatic carbocycles. The van der Waals surface area contributed by atoms with Crippen LogP contribution in [0.4, 0.5) is 19.0 Å². The van der Waals surface area contributed by atoms with E-state index >= 15 is 0 Å². The zero-order chi connectivity index (χ0) is 18.1. The van der Waals surface area contributed by atoms with Gasteiger partial charge in [-0.3, -0.25) is 4.79 Å². The third kappa shape index (κ3) is 4.00. The first-order chi connectivity index (χ1) is 11.8. The number of amides is 1. The summed E-state index contributed by atoms with van der Waals surface area (Å²) in [7, 11) is 0. The normalized spacial score (nSPS) is 20.6. The number of anilines is 1. The van der Waals surface area contributed by atoms with Crippen LogP contribution in [0.5, 0.6) is 0 Å². The highest BCUT2D eigenvalue weighted by Gasteiger charge is 2.42. The van der Waals surface area contributed by atoms with E-state index in [4.69, 9.17) is 6.42 Å². The van der Waals surface area contributed by atoms with Gasteiger partial charge in [0, 0.05) is 38.6 Å². The second-order valence-corrected chi connectivity index (χ2v) is 6.38. The summed E-state index contributed by atoms with van der Waals surface area (Å²) in [6.45, 7) is -0.217. The molecule has 0 spiro atoms. The quantitative estimate of drug-likeness (QED) is 0.797. The van der Waals surface area contributed by atoms with Gasteiger partial charge in [0.05, 0.1) is 12.1 Å². The lowest BCUT2D eigenvalue weighted by Crippen LogP contribution is -2.33. The SMILES string of the molecule is C#CCCC1(CCC(=O)Nc2cnc3n2CC(C(F)(F)F)CC3)N=N1. The van der Waals surface area contributed by atoms with Crippen LogP contribution in [0, 0.1) is 18.3 Å². The van der Waals surface area contributed by atoms with Crippen molar-refractivity contribution in [2.45, 2.75) is 56.9 Å². The Morgan fingerprint density at radius 1 is 1.44 bits per heavy atom. The number of alkyl halides is 3. The molecule has 3 rings (SSSR count). The van der Waals surface area contributed by atoms with E-state index in [0.717, 1.165) is 0 Å². The van der Waals surface area contributed by atoms with Crippen molar-refractivity contribution >= 4 is 11.7 Å². The highest BCUT2D eigenvalue weighted by Crippen LogP contribution is 2.38. The van der Waals surface area contributed by atoms with E-state index in [-0.39, 0.29) is 31.7 Å². The van der Waals surface area contributed by atoms with Crippen LogP contribution in [0.1, 0.15) is 37.9 Å². The van der Waals surface area contributed by atoms with E-state index in [0.29, 0.717) is 30.9 Å². The minimum Gasteiger partial charge on any atom is -0.314 e. The summed E-state index contributed by atoms with van der Waals surface area (Å²) in [6, 6.07) is 0. The summed E-state index contributed by atoms with van der Waals surface area (Å²) in [6.07, 6.45) is 4.38. The fraction of sp³-hybridized carbons (Fsp3) is 0.625. The number of carbonyl (C=O) groups excluding carboxylic acids is 1. The second-order valence-electron chi connectivity index (χ2n) is 6.38. The Kier molecular flexibility index (Phi) is 4.54. The highest BCUT2D eigenvalue weighted by molar-refractivity contribution is 5.89. The van der Waals surface area contributed by atoms with Crippen LogP contribution in [0.15, 0.2) is 16.4 Å². The van der Waals surface area contributed by atoms with Crippen LogP contribution < -0.4 is 5.32 Å². The monoisotopic (exact) mass is 353 g/mol. The Morgan fingerprint density at radius 2 is 2.20 bits per heavy atom. The molecule has 1 aromatic heterocycles. The molecule has 2 aliphatic rings. The number of halogens is 3. The second kappa shape index (κ2) is 6.50. The van der Waals surface area contributed by atoms with Gasteiger partial charge in [-0.1, -0.05) is 0 Å². The lowest BCUT2D eigenvalue weighted by Gasteiger charge is -2.27. The van der Waals surface area contributed by atoms with Gasteiger partial charge >= 0.3 is 6.18 Å². The molecule has 6 nitrogen and oxygen atoms in total. The summed E-state index contributed by atoms with van der Waals surface area (Å²) in [5.74, 6) is 1.67. The van der Waals surface area contributed by atoms with Gasteiger partial charge in [-0.25, -0.2) is 4.98 Å². The molecular formula is C16H18F3N5O. The number of hydrogen-bond donors (Lipinski definition) is 1. The smallest absolute Gasteiger partial charge is 0.314 e. The highest BCUT2D eigenvalue weighted by atomic mass is 19.4. The van der Waals surface area contributed by atoms with Gasteiger partial charge in [0.1, 0.15) is 11.6 Å². The molecule has 1 atom stereocenters. The molecule has 0 bridgehead atoms. The van der Waals surface area contributed by atoms with Gasteiger partial charge in [0.15, 0.2) is 5.66 Å². The number of carbonyl (C=O) groups is 1. The summed E-state index contributed by atoms with van der Waals surface area (Å²) < 4.78 is 40.3. The maximum atomic E-state index is 12.9. The van der Waals surface area contributed by atoms with Crippen molar-refractivity contribution in [3.05, 3.63) is 12.0 Å². The molecule has 0 saturated carbocycles. The van der Waals surface area contributed by atoms with Crippen molar-refractivity contribution in [3.8, 4) is 12.3 Å². The Hall–Kier alpha value is -2.37. The number of fused-ring (bicyclic) bond motifs is 1. The van der Waals surface area contributed by atoms with Crippen LogP contribution in [-0.2, 0) is 17.8 Å². The number of aromatic nitrogens is 2. The molecule has 0 saturated heterocycles. The molecular weight excluding hydrogens is 335 g/mol. The minimum atomic E-state index is -4.25. The van der Waals surface area contributed by atoms with Gasteiger partial charge in [0.2, 0.25) is 5.91 Å². The number of nitrogens with one attached hydrogen (secondary N) is 1. The number of imidazole rings is 1. The molecule has 1 unspecified atom stereocenters. The predicted molar refractivity (Wildman–Crippen MR) is 83.6 cm³/mol. The third-order valence-electron chi connectivity index (χ3n) is 4.59.